The highest BCUT2D eigenvalue weighted by Gasteiger charge is 2.21. The average Bonchev–Trinajstić information content (AvgIpc) is 3.05. The number of nitrogens with one attached hydrogen (secondary N) is 1. The summed E-state index contributed by atoms with van der Waals surface area (Å²) < 4.78 is 16.5. The molecule has 6 nitrogen and oxygen atoms in total. The van der Waals surface area contributed by atoms with Crippen LogP contribution in [0.3, 0.4) is 0 Å². The van der Waals surface area contributed by atoms with Crippen LogP contribution in [0.5, 0.6) is 11.5 Å². The molecule has 1 atom stereocenters. The molecule has 1 aromatic heterocycles. The molecule has 110 valence electrons. The lowest BCUT2D eigenvalue weighted by atomic mass is 10.0. The summed E-state index contributed by atoms with van der Waals surface area (Å²) in [4.78, 5) is 4.52. The summed E-state index contributed by atoms with van der Waals surface area (Å²) in [7, 11) is 0. The highest BCUT2D eigenvalue weighted by atomic mass is 16.6. The van der Waals surface area contributed by atoms with Crippen molar-refractivity contribution in [3.8, 4) is 23.0 Å². The van der Waals surface area contributed by atoms with Gasteiger partial charge in [-0.15, -0.1) is 0 Å². The highest BCUT2D eigenvalue weighted by molar-refractivity contribution is 5.60. The van der Waals surface area contributed by atoms with Gasteiger partial charge in [-0.1, -0.05) is 11.6 Å². The standard InChI is InChI=1S/C15H17N3O3/c1-2-6-16-11(3-1)14-17-15(21-18-14)10-4-5-12-13(9-10)20-8-7-19-12/h4-5,9,11,16H,1-3,6-8H2. The van der Waals surface area contributed by atoms with Crippen molar-refractivity contribution in [1.82, 2.24) is 15.5 Å². The first kappa shape index (κ1) is 12.6. The van der Waals surface area contributed by atoms with Crippen LogP contribution in [0.25, 0.3) is 11.5 Å². The Morgan fingerprint density at radius 3 is 2.86 bits per heavy atom. The molecule has 6 heteroatoms. The number of hydrogen-bond acceptors (Lipinski definition) is 6. The van der Waals surface area contributed by atoms with E-state index in [4.69, 9.17) is 14.0 Å². The van der Waals surface area contributed by atoms with Gasteiger partial charge in [-0.2, -0.15) is 4.98 Å². The Labute approximate surface area is 122 Å². The molecule has 1 saturated heterocycles. The zero-order valence-electron chi connectivity index (χ0n) is 11.7. The van der Waals surface area contributed by atoms with Crippen LogP contribution in [-0.2, 0) is 0 Å². The van der Waals surface area contributed by atoms with Gasteiger partial charge < -0.3 is 19.3 Å². The summed E-state index contributed by atoms with van der Waals surface area (Å²) in [5, 5.41) is 7.53. The molecule has 21 heavy (non-hydrogen) atoms. The molecular weight excluding hydrogens is 270 g/mol. The first-order chi connectivity index (χ1) is 10.4. The SMILES string of the molecule is c1cc2c(cc1-c1nc(C3CCCCN3)no1)OCCO2. The van der Waals surface area contributed by atoms with Gasteiger partial charge in [0.2, 0.25) is 0 Å². The Kier molecular flexibility index (Phi) is 3.23. The lowest BCUT2D eigenvalue weighted by Gasteiger charge is -2.19. The third-order valence-corrected chi connectivity index (χ3v) is 3.85. The summed E-state index contributed by atoms with van der Waals surface area (Å²) >= 11 is 0. The molecule has 4 rings (SSSR count). The maximum Gasteiger partial charge on any atom is 0.258 e. The first-order valence-corrected chi connectivity index (χ1v) is 7.37. The zero-order chi connectivity index (χ0) is 14.1. The van der Waals surface area contributed by atoms with Crippen LogP contribution in [0.2, 0.25) is 0 Å². The van der Waals surface area contributed by atoms with Gasteiger partial charge >= 0.3 is 0 Å². The highest BCUT2D eigenvalue weighted by Crippen LogP contribution is 2.34. The van der Waals surface area contributed by atoms with Crippen LogP contribution in [0, 0.1) is 0 Å². The quantitative estimate of drug-likeness (QED) is 0.914. The number of piperidine rings is 1. The smallest absolute Gasteiger partial charge is 0.258 e. The van der Waals surface area contributed by atoms with E-state index < -0.39 is 0 Å². The second kappa shape index (κ2) is 5.37. The van der Waals surface area contributed by atoms with E-state index in [2.05, 4.69) is 15.5 Å². The monoisotopic (exact) mass is 287 g/mol. The van der Waals surface area contributed by atoms with E-state index in [-0.39, 0.29) is 6.04 Å². The molecule has 1 unspecified atom stereocenters. The minimum atomic E-state index is 0.202. The van der Waals surface area contributed by atoms with Crippen LogP contribution >= 0.6 is 0 Å². The van der Waals surface area contributed by atoms with E-state index >= 15 is 0 Å². The van der Waals surface area contributed by atoms with E-state index in [1.807, 2.05) is 18.2 Å². The predicted octanol–water partition coefficient (Wildman–Crippen LogP) is 2.32. The van der Waals surface area contributed by atoms with Gasteiger partial charge in [0, 0.05) is 5.56 Å². The Hall–Kier alpha value is -2.08. The Morgan fingerprint density at radius 2 is 2.00 bits per heavy atom. The molecule has 0 spiro atoms. The van der Waals surface area contributed by atoms with Crippen LogP contribution in [0.15, 0.2) is 22.7 Å². The number of benzene rings is 1. The first-order valence-electron chi connectivity index (χ1n) is 7.37. The Balaban J connectivity index is 1.60. The molecule has 3 heterocycles. The van der Waals surface area contributed by atoms with Crippen molar-refractivity contribution in [2.45, 2.75) is 25.3 Å². The predicted molar refractivity (Wildman–Crippen MR) is 75.3 cm³/mol. The molecule has 0 aliphatic carbocycles. The van der Waals surface area contributed by atoms with E-state index in [9.17, 15) is 0 Å². The molecule has 0 bridgehead atoms. The second-order valence-corrected chi connectivity index (χ2v) is 5.32. The van der Waals surface area contributed by atoms with Crippen molar-refractivity contribution in [3.05, 3.63) is 24.0 Å². The van der Waals surface area contributed by atoms with Gasteiger partial charge in [-0.05, 0) is 37.6 Å². The number of hydrogen-bond donors (Lipinski definition) is 1. The van der Waals surface area contributed by atoms with Gasteiger partial charge in [0.15, 0.2) is 17.3 Å². The van der Waals surface area contributed by atoms with Crippen molar-refractivity contribution >= 4 is 0 Å². The number of aromatic nitrogens is 2. The van der Waals surface area contributed by atoms with Gasteiger partial charge in [-0.3, -0.25) is 0 Å². The van der Waals surface area contributed by atoms with E-state index in [1.54, 1.807) is 0 Å². The third-order valence-electron chi connectivity index (χ3n) is 3.85. The molecule has 2 aliphatic heterocycles. The van der Waals surface area contributed by atoms with E-state index in [1.165, 1.54) is 12.8 Å². The molecule has 0 saturated carbocycles. The fraction of sp³-hybridized carbons (Fsp3) is 0.467. The summed E-state index contributed by atoms with van der Waals surface area (Å²) in [6.07, 6.45) is 3.47. The minimum Gasteiger partial charge on any atom is -0.486 e. The molecular formula is C15H17N3O3. The molecule has 0 radical (unpaired) electrons. The summed E-state index contributed by atoms with van der Waals surface area (Å²) in [5.41, 5.74) is 0.855. The summed E-state index contributed by atoms with van der Waals surface area (Å²) in [6.45, 7) is 2.17. The molecule has 1 N–H and O–H groups in total. The van der Waals surface area contributed by atoms with Crippen molar-refractivity contribution in [2.24, 2.45) is 0 Å². The van der Waals surface area contributed by atoms with E-state index in [0.717, 1.165) is 35.9 Å². The lowest BCUT2D eigenvalue weighted by molar-refractivity contribution is 0.171. The van der Waals surface area contributed by atoms with Crippen LogP contribution < -0.4 is 14.8 Å². The van der Waals surface area contributed by atoms with Crippen LogP contribution in [0.1, 0.15) is 31.1 Å². The number of ether oxygens (including phenoxy) is 2. The fourth-order valence-electron chi connectivity index (χ4n) is 2.74. The van der Waals surface area contributed by atoms with E-state index in [0.29, 0.717) is 19.1 Å². The Bertz CT molecular complexity index is 635. The van der Waals surface area contributed by atoms with Crippen molar-refractivity contribution < 1.29 is 14.0 Å². The van der Waals surface area contributed by atoms with Crippen LogP contribution in [0.4, 0.5) is 0 Å². The molecule has 1 aromatic carbocycles. The largest absolute Gasteiger partial charge is 0.486 e. The molecule has 2 aromatic rings. The topological polar surface area (TPSA) is 69.4 Å². The maximum atomic E-state index is 5.58. The van der Waals surface area contributed by atoms with Crippen molar-refractivity contribution in [3.63, 3.8) is 0 Å². The fourth-order valence-corrected chi connectivity index (χ4v) is 2.74. The van der Waals surface area contributed by atoms with Gasteiger partial charge in [-0.25, -0.2) is 0 Å². The van der Waals surface area contributed by atoms with Gasteiger partial charge in [0.1, 0.15) is 13.2 Å². The lowest BCUT2D eigenvalue weighted by Crippen LogP contribution is -2.27. The number of nitrogens with zero attached hydrogens (tertiary/aromatic N) is 2. The number of rotatable bonds is 2. The number of fused-ring (bicyclic) bond motifs is 1. The molecule has 0 amide bonds. The second-order valence-electron chi connectivity index (χ2n) is 5.32. The molecule has 1 fully saturated rings. The van der Waals surface area contributed by atoms with Crippen molar-refractivity contribution in [1.29, 1.82) is 0 Å². The normalized spacial score (nSPS) is 21.2. The van der Waals surface area contributed by atoms with Gasteiger partial charge in [0.25, 0.3) is 5.89 Å². The minimum absolute atomic E-state index is 0.202. The summed E-state index contributed by atoms with van der Waals surface area (Å²) in [6, 6.07) is 5.89. The van der Waals surface area contributed by atoms with Crippen LogP contribution in [-0.4, -0.2) is 29.9 Å². The average molecular weight is 287 g/mol. The van der Waals surface area contributed by atoms with Gasteiger partial charge in [0.05, 0.1) is 6.04 Å². The van der Waals surface area contributed by atoms with Crippen molar-refractivity contribution in [2.75, 3.05) is 19.8 Å². The summed E-state index contributed by atoms with van der Waals surface area (Å²) in [5.74, 6) is 2.75. The Morgan fingerprint density at radius 1 is 1.10 bits per heavy atom. The maximum absolute atomic E-state index is 5.58. The third kappa shape index (κ3) is 2.47. The zero-order valence-corrected chi connectivity index (χ0v) is 11.7. The molecule has 2 aliphatic rings.